The summed E-state index contributed by atoms with van der Waals surface area (Å²) in [5.74, 6) is -1.41. The third-order valence-corrected chi connectivity index (χ3v) is 6.41. The van der Waals surface area contributed by atoms with E-state index in [1.165, 1.54) is 29.5 Å². The Kier molecular flexibility index (Phi) is 7.54. The number of hydrogen-bond donors (Lipinski definition) is 3. The number of carbonyl (C=O) groups excluding carboxylic acids is 3. The normalized spacial score (nSPS) is 10.6. The molecule has 0 aliphatic carbocycles. The number of thiazole rings is 1. The van der Waals surface area contributed by atoms with Gasteiger partial charge in [0.05, 0.1) is 33.9 Å². The average Bonchev–Trinajstić information content (AvgIpc) is 3.13. The first-order valence-electron chi connectivity index (χ1n) is 8.60. The Labute approximate surface area is 190 Å². The molecule has 3 rings (SSSR count). The van der Waals surface area contributed by atoms with Gasteiger partial charge in [0.1, 0.15) is 0 Å². The molecule has 3 N–H and O–H groups in total. The molecule has 3 aromatic rings. The first kappa shape index (κ1) is 22.4. The summed E-state index contributed by atoms with van der Waals surface area (Å²) in [5.41, 5.74) is 1.69. The van der Waals surface area contributed by atoms with E-state index < -0.39 is 11.8 Å². The van der Waals surface area contributed by atoms with Crippen LogP contribution in [0.5, 0.6) is 0 Å². The molecule has 7 nitrogen and oxygen atoms in total. The van der Waals surface area contributed by atoms with Crippen LogP contribution in [0.2, 0.25) is 10.0 Å². The molecule has 3 amide bonds. The van der Waals surface area contributed by atoms with Crippen LogP contribution in [0, 0.1) is 0 Å². The number of rotatable bonds is 7. The molecule has 0 aliphatic heterocycles. The maximum atomic E-state index is 12.1. The first-order valence-corrected chi connectivity index (χ1v) is 11.4. The van der Waals surface area contributed by atoms with Crippen molar-refractivity contribution in [3.8, 4) is 0 Å². The van der Waals surface area contributed by atoms with E-state index in [9.17, 15) is 14.4 Å². The highest BCUT2D eigenvalue weighted by atomic mass is 35.5. The molecular formula is C19H16Cl2N4O3S2. The predicted molar refractivity (Wildman–Crippen MR) is 122 cm³/mol. The highest BCUT2D eigenvalue weighted by molar-refractivity contribution is 8.00. The smallest absolute Gasteiger partial charge is 0.253 e. The summed E-state index contributed by atoms with van der Waals surface area (Å²) in [7, 11) is 0. The highest BCUT2D eigenvalue weighted by Crippen LogP contribution is 2.29. The number of thioether (sulfide) groups is 1. The molecule has 0 saturated carbocycles. The van der Waals surface area contributed by atoms with Crippen LogP contribution < -0.4 is 16.0 Å². The monoisotopic (exact) mass is 482 g/mol. The predicted octanol–water partition coefficient (Wildman–Crippen LogP) is 3.81. The average molecular weight is 483 g/mol. The molecule has 11 heteroatoms. The number of fused-ring (bicyclic) bond motifs is 1. The minimum atomic E-state index is -0.515. The molecular weight excluding hydrogens is 467 g/mol. The number of nitrogens with zero attached hydrogens (tertiary/aromatic N) is 1. The van der Waals surface area contributed by atoms with Gasteiger partial charge in [-0.1, -0.05) is 35.0 Å². The number of aromatic nitrogens is 1. The number of anilines is 1. The fraction of sp³-hybridized carbons (Fsp3) is 0.158. The van der Waals surface area contributed by atoms with Gasteiger partial charge in [0.25, 0.3) is 5.91 Å². The lowest BCUT2D eigenvalue weighted by molar-refractivity contribution is -0.123. The Morgan fingerprint density at radius 2 is 1.80 bits per heavy atom. The zero-order chi connectivity index (χ0) is 21.7. The van der Waals surface area contributed by atoms with Gasteiger partial charge in [-0.15, -0.1) is 11.3 Å². The maximum Gasteiger partial charge on any atom is 0.253 e. The molecule has 0 bridgehead atoms. The molecule has 1 aromatic heterocycles. The zero-order valence-corrected chi connectivity index (χ0v) is 18.8. The summed E-state index contributed by atoms with van der Waals surface area (Å²) >= 11 is 14.9. The van der Waals surface area contributed by atoms with Crippen molar-refractivity contribution in [1.82, 2.24) is 15.6 Å². The fourth-order valence-electron chi connectivity index (χ4n) is 2.44. The first-order chi connectivity index (χ1) is 14.4. The zero-order valence-electron chi connectivity index (χ0n) is 15.6. The van der Waals surface area contributed by atoms with E-state index >= 15 is 0 Å². The van der Waals surface area contributed by atoms with Crippen LogP contribution in [0.1, 0.15) is 10.4 Å². The third kappa shape index (κ3) is 5.85. The van der Waals surface area contributed by atoms with Gasteiger partial charge in [-0.3, -0.25) is 14.4 Å². The second-order valence-electron chi connectivity index (χ2n) is 6.00. The lowest BCUT2D eigenvalue weighted by Crippen LogP contribution is -2.40. The van der Waals surface area contributed by atoms with Gasteiger partial charge in [-0.2, -0.15) is 0 Å². The summed E-state index contributed by atoms with van der Waals surface area (Å²) in [6.07, 6.45) is 1.95. The van der Waals surface area contributed by atoms with Gasteiger partial charge in [0.2, 0.25) is 11.8 Å². The second kappa shape index (κ2) is 10.1. The topological polar surface area (TPSA) is 100 Å². The molecule has 156 valence electrons. The van der Waals surface area contributed by atoms with Crippen LogP contribution in [0.3, 0.4) is 0 Å². The summed E-state index contributed by atoms with van der Waals surface area (Å²) in [6, 6.07) is 9.85. The lowest BCUT2D eigenvalue weighted by atomic mass is 10.2. The Morgan fingerprint density at radius 3 is 2.53 bits per heavy atom. The number of nitrogens with one attached hydrogen (secondary N) is 3. The molecule has 1 heterocycles. The molecule has 0 atom stereocenters. The number of hydrogen-bond acceptors (Lipinski definition) is 6. The number of carbonyl (C=O) groups is 3. The molecule has 0 radical (unpaired) electrons. The summed E-state index contributed by atoms with van der Waals surface area (Å²) in [6.45, 7) is -0.525. The Morgan fingerprint density at radius 1 is 1.03 bits per heavy atom. The van der Waals surface area contributed by atoms with Crippen LogP contribution in [-0.2, 0) is 9.59 Å². The fourth-order valence-corrected chi connectivity index (χ4v) is 4.47. The van der Waals surface area contributed by atoms with Crippen molar-refractivity contribution >= 4 is 79.9 Å². The third-order valence-electron chi connectivity index (χ3n) is 3.86. The van der Waals surface area contributed by atoms with E-state index in [2.05, 4.69) is 20.9 Å². The van der Waals surface area contributed by atoms with Crippen molar-refractivity contribution in [3.05, 3.63) is 52.0 Å². The van der Waals surface area contributed by atoms with Crippen LogP contribution in [0.4, 0.5) is 5.69 Å². The largest absolute Gasteiger partial charge is 0.345 e. The number of amides is 3. The van der Waals surface area contributed by atoms with Gasteiger partial charge >= 0.3 is 0 Å². The molecule has 0 spiro atoms. The van der Waals surface area contributed by atoms with Crippen LogP contribution in [-0.4, -0.2) is 42.1 Å². The van der Waals surface area contributed by atoms with E-state index in [1.54, 1.807) is 17.8 Å². The van der Waals surface area contributed by atoms with Gasteiger partial charge in [0.15, 0.2) is 4.34 Å². The van der Waals surface area contributed by atoms with E-state index in [1.807, 2.05) is 18.4 Å². The molecule has 2 aromatic carbocycles. The molecule has 0 unspecified atom stereocenters. The molecule has 0 saturated heterocycles. The van der Waals surface area contributed by atoms with E-state index in [0.29, 0.717) is 10.7 Å². The summed E-state index contributed by atoms with van der Waals surface area (Å²) in [4.78, 5) is 40.5. The van der Waals surface area contributed by atoms with E-state index in [4.69, 9.17) is 23.2 Å². The molecule has 0 aliphatic rings. The van der Waals surface area contributed by atoms with Crippen molar-refractivity contribution in [2.24, 2.45) is 0 Å². The number of halogens is 2. The Bertz CT molecular complexity index is 1120. The Hall–Kier alpha value is -2.33. The SMILES string of the molecule is CSc1nc2ccc(NC(=O)CNC(=O)CNC(=O)c3ccc(Cl)cc3Cl)cc2s1. The second-order valence-corrected chi connectivity index (χ2v) is 8.93. The van der Waals surface area contributed by atoms with Crippen LogP contribution in [0.25, 0.3) is 10.2 Å². The van der Waals surface area contributed by atoms with Crippen LogP contribution in [0.15, 0.2) is 40.7 Å². The van der Waals surface area contributed by atoms with E-state index in [0.717, 1.165) is 14.6 Å². The van der Waals surface area contributed by atoms with Crippen molar-refractivity contribution < 1.29 is 14.4 Å². The summed E-state index contributed by atoms with van der Waals surface area (Å²) in [5, 5.41) is 8.20. The van der Waals surface area contributed by atoms with Gasteiger partial charge in [0, 0.05) is 10.7 Å². The van der Waals surface area contributed by atoms with Gasteiger partial charge in [-0.05, 0) is 42.7 Å². The van der Waals surface area contributed by atoms with Crippen molar-refractivity contribution in [3.63, 3.8) is 0 Å². The van der Waals surface area contributed by atoms with Crippen molar-refractivity contribution in [2.75, 3.05) is 24.7 Å². The number of benzene rings is 2. The highest BCUT2D eigenvalue weighted by Gasteiger charge is 2.13. The van der Waals surface area contributed by atoms with Crippen molar-refractivity contribution in [2.45, 2.75) is 4.34 Å². The van der Waals surface area contributed by atoms with Crippen LogP contribution >= 0.6 is 46.3 Å². The Balaban J connectivity index is 1.46. The molecule has 0 fully saturated rings. The standard InChI is InChI=1S/C19H16Cl2N4O3S2/c1-29-19-25-14-5-3-11(7-15(14)30-19)24-17(27)9-22-16(26)8-23-18(28)12-4-2-10(20)6-13(12)21/h2-7H,8-9H2,1H3,(H,22,26)(H,23,28)(H,24,27). The maximum absolute atomic E-state index is 12.1. The van der Waals surface area contributed by atoms with Gasteiger partial charge < -0.3 is 16.0 Å². The van der Waals surface area contributed by atoms with Gasteiger partial charge in [-0.25, -0.2) is 4.98 Å². The molecule has 30 heavy (non-hydrogen) atoms. The lowest BCUT2D eigenvalue weighted by Gasteiger charge is -2.09. The quantitative estimate of drug-likeness (QED) is 0.444. The minimum absolute atomic E-state index is 0.183. The summed E-state index contributed by atoms with van der Waals surface area (Å²) < 4.78 is 1.91. The minimum Gasteiger partial charge on any atom is -0.345 e. The van der Waals surface area contributed by atoms with E-state index in [-0.39, 0.29) is 29.6 Å². The van der Waals surface area contributed by atoms with Crippen molar-refractivity contribution in [1.29, 1.82) is 0 Å².